The van der Waals surface area contributed by atoms with E-state index in [0.29, 0.717) is 19.6 Å². The van der Waals surface area contributed by atoms with Crippen molar-refractivity contribution < 1.29 is 41.6 Å². The number of allylic oxidation sites excluding steroid dienone is 14. The number of benzene rings is 4. The minimum atomic E-state index is -3.98. The van der Waals surface area contributed by atoms with Gasteiger partial charge in [0.2, 0.25) is 0 Å². The van der Waals surface area contributed by atoms with Gasteiger partial charge >= 0.3 is 15.4 Å². The summed E-state index contributed by atoms with van der Waals surface area (Å²) >= 11 is 0. The third-order valence-corrected chi connectivity index (χ3v) is 18.7. The highest BCUT2D eigenvalue weighted by molar-refractivity contribution is 7.52. The van der Waals surface area contributed by atoms with Gasteiger partial charge in [0.05, 0.1) is 13.2 Å². The molecule has 80 heavy (non-hydrogen) atoms. The second kappa shape index (κ2) is 26.8. The molecule has 0 bridgehead atoms. The topological polar surface area (TPSA) is 116 Å². The van der Waals surface area contributed by atoms with E-state index in [1.54, 1.807) is 14.2 Å². The van der Waals surface area contributed by atoms with E-state index in [-0.39, 0.29) is 28.3 Å². The molecular weight excluding hydrogens is 1040 g/mol. The van der Waals surface area contributed by atoms with Crippen LogP contribution >= 0.6 is 15.4 Å². The van der Waals surface area contributed by atoms with Crippen molar-refractivity contribution in [1.29, 1.82) is 0 Å². The third-order valence-electron chi connectivity index (χ3n) is 16.4. The van der Waals surface area contributed by atoms with E-state index < -0.39 is 15.4 Å². The number of phosphoric acid groups is 1. The Morgan fingerprint density at radius 2 is 0.887 bits per heavy atom. The molecule has 0 saturated carbocycles. The monoisotopic (exact) mass is 1130 g/mol. The average Bonchev–Trinajstić information content (AvgIpc) is 4.23. The minimum absolute atomic E-state index is 0.0406. The van der Waals surface area contributed by atoms with Crippen molar-refractivity contribution in [3.8, 4) is 0 Å². The van der Waals surface area contributed by atoms with Gasteiger partial charge in [0, 0.05) is 106 Å². The highest BCUT2D eigenvalue weighted by Crippen LogP contribution is 2.52. The van der Waals surface area contributed by atoms with E-state index >= 15 is 0 Å². The first-order valence-electron chi connectivity index (χ1n) is 28.2. The number of hydrogen-bond acceptors (Lipinski definition) is 10. The Kier molecular flexibility index (Phi) is 20.9. The average molecular weight is 1130 g/mol. The van der Waals surface area contributed by atoms with Crippen molar-refractivity contribution in [1.82, 2.24) is 0 Å². The van der Waals surface area contributed by atoms with Crippen LogP contribution in [0.2, 0.25) is 0 Å². The van der Waals surface area contributed by atoms with Crippen molar-refractivity contribution in [2.24, 2.45) is 0 Å². The fourth-order valence-corrected chi connectivity index (χ4v) is 13.2. The van der Waals surface area contributed by atoms with Crippen LogP contribution in [0.4, 0.5) is 11.4 Å². The lowest BCUT2D eigenvalue weighted by molar-refractivity contribution is 0.172. The number of para-hydroxylation sites is 2. The van der Waals surface area contributed by atoms with Crippen molar-refractivity contribution >= 4 is 37.9 Å². The van der Waals surface area contributed by atoms with Crippen LogP contribution in [0.15, 0.2) is 168 Å². The Morgan fingerprint density at radius 3 is 1.34 bits per heavy atom. The van der Waals surface area contributed by atoms with Crippen molar-refractivity contribution in [2.75, 3.05) is 84.4 Å². The van der Waals surface area contributed by atoms with Crippen molar-refractivity contribution in [3.05, 3.63) is 202 Å². The zero-order valence-electron chi connectivity index (χ0n) is 49.8. The normalized spacial score (nSPS) is 20.0. The lowest BCUT2D eigenvalue weighted by atomic mass is 9.80. The largest absolute Gasteiger partial charge is 0.471 e. The molecule has 4 aromatic rings. The van der Waals surface area contributed by atoms with Crippen LogP contribution in [0.5, 0.6) is 0 Å². The Labute approximate surface area is 478 Å². The highest BCUT2D eigenvalue weighted by atomic mass is 31.2. The lowest BCUT2D eigenvalue weighted by Gasteiger charge is -2.27. The first-order chi connectivity index (χ1) is 38.1. The number of phosphoric ester groups is 1. The fraction of sp³-hybridized carbons (Fsp3) is 0.433. The maximum Gasteiger partial charge on any atom is 0.471 e. The number of nitrogens with zero attached hydrogens (tertiary/aromatic N) is 2. The Balaban J connectivity index is 0.000000231. The Morgan fingerprint density at radius 1 is 0.475 bits per heavy atom. The number of ether oxygens (including phenoxy) is 2. The van der Waals surface area contributed by atoms with E-state index in [1.165, 1.54) is 93.6 Å². The van der Waals surface area contributed by atoms with Gasteiger partial charge in [0.1, 0.15) is 0 Å². The summed E-state index contributed by atoms with van der Waals surface area (Å²) in [6, 6.07) is 34.6. The molecule has 0 amide bonds. The van der Waals surface area contributed by atoms with Crippen LogP contribution in [-0.2, 0) is 58.4 Å². The van der Waals surface area contributed by atoms with Gasteiger partial charge in [-0.05, 0) is 118 Å². The quantitative estimate of drug-likeness (QED) is 0.0388. The van der Waals surface area contributed by atoms with Gasteiger partial charge in [-0.3, -0.25) is 13.6 Å². The van der Waals surface area contributed by atoms with Crippen LogP contribution in [0.1, 0.15) is 127 Å². The minimum Gasteiger partial charge on any atom is -0.385 e. The summed E-state index contributed by atoms with van der Waals surface area (Å²) in [5.74, 6) is 0. The molecule has 2 unspecified atom stereocenters. The molecule has 11 nitrogen and oxygen atoms in total. The summed E-state index contributed by atoms with van der Waals surface area (Å²) < 4.78 is 54.7. The number of anilines is 2. The molecule has 2 heterocycles. The smallest absolute Gasteiger partial charge is 0.385 e. The van der Waals surface area contributed by atoms with Gasteiger partial charge in [-0.2, -0.15) is 0 Å². The summed E-state index contributed by atoms with van der Waals surface area (Å²) in [7, 11) is -0.836. The summed E-state index contributed by atoms with van der Waals surface area (Å²) in [4.78, 5) is 14.3. The Hall–Kier alpha value is -5.16. The molecular formula is C67H88N2O9P2. The maximum atomic E-state index is 12.1. The molecule has 2 aliphatic heterocycles. The molecule has 0 spiro atoms. The molecule has 0 aromatic heterocycles. The molecule has 8 rings (SSSR count). The van der Waals surface area contributed by atoms with E-state index in [9.17, 15) is 14.0 Å². The molecule has 4 aliphatic rings. The molecule has 13 heteroatoms. The maximum absolute atomic E-state index is 12.1. The van der Waals surface area contributed by atoms with E-state index in [2.05, 4.69) is 215 Å². The van der Waals surface area contributed by atoms with Gasteiger partial charge in [-0.1, -0.05) is 177 Å². The number of methoxy groups -OCH3 is 2. The first-order valence-corrected chi connectivity index (χ1v) is 31.7. The van der Waals surface area contributed by atoms with E-state index in [0.717, 1.165) is 57.6 Å². The van der Waals surface area contributed by atoms with Crippen LogP contribution in [0.3, 0.4) is 0 Å². The van der Waals surface area contributed by atoms with E-state index in [4.69, 9.17) is 23.0 Å². The first kappa shape index (κ1) is 62.4. The van der Waals surface area contributed by atoms with Gasteiger partial charge in [0.15, 0.2) is 0 Å². The zero-order valence-corrected chi connectivity index (χ0v) is 51.6. The van der Waals surface area contributed by atoms with Gasteiger partial charge in [0.25, 0.3) is 0 Å². The standard InChI is InChI=1S/C35H46NO4P.C32H42NO5P/c1-34(2)29(28(18-15-25-38-5)27-17-11-12-20-30(27)34)19-9-8-10-23-33-35(3,4)31-21-13-14-22-32(31)36(33)24-16-26-40-41(7,37)39-6;1-31(2)26-16-8-7-14-24(26)25(15-12-22-36-5)27(31)18-11-20-30-32(3,4)28-17-9-10-19-29(28)33(30)21-13-23-38-39(34,35)37-6/h8-14,17,19-23H,15-16,18,24-26H2,1-7H3;7-11,14,16-20H,12-13,15,21-23H2,1-6H3,(H,34,35)/b10-8+,19-9+,33-23+;18-11+,30-20+. The fourth-order valence-electron chi connectivity index (χ4n) is 12.2. The molecule has 430 valence electrons. The Bertz CT molecular complexity index is 3140. The van der Waals surface area contributed by atoms with Crippen molar-refractivity contribution in [2.45, 2.75) is 116 Å². The molecule has 2 aliphatic carbocycles. The van der Waals surface area contributed by atoms with Crippen molar-refractivity contribution in [3.63, 3.8) is 0 Å². The summed E-state index contributed by atoms with van der Waals surface area (Å²) in [5, 5.41) is 0. The number of hydrogen-bond donors (Lipinski definition) is 1. The van der Waals surface area contributed by atoms with Crippen LogP contribution < -0.4 is 9.80 Å². The second-order valence-electron chi connectivity index (χ2n) is 23.1. The highest BCUT2D eigenvalue weighted by Gasteiger charge is 2.42. The van der Waals surface area contributed by atoms with E-state index in [1.807, 2.05) is 0 Å². The molecule has 2 atom stereocenters. The summed E-state index contributed by atoms with van der Waals surface area (Å²) in [6.45, 7) is 23.3. The number of fused-ring (bicyclic) bond motifs is 4. The molecule has 0 fully saturated rings. The summed E-state index contributed by atoms with van der Waals surface area (Å²) in [5.41, 5.74) is 18.0. The SMILES string of the molecule is COCCCC1=C(/C=C/C=C/C=C2/N(CCCOP(C)(=O)OC)c3ccccc3C2(C)C)C(C)(C)c2ccccc21.COCCCC1=C(/C=C/C=C2/N(CCCOP(=O)(O)OC)c3ccccc3C2(C)C)C(C)(C)c2ccccc21. The van der Waals surface area contributed by atoms with Crippen LogP contribution in [-0.4, -0.2) is 79.5 Å². The molecule has 0 radical (unpaired) electrons. The molecule has 0 saturated heterocycles. The zero-order chi connectivity index (χ0) is 57.9. The number of rotatable bonds is 25. The lowest BCUT2D eigenvalue weighted by Crippen LogP contribution is -2.27. The van der Waals surface area contributed by atoms with Crippen LogP contribution in [0, 0.1) is 0 Å². The van der Waals surface area contributed by atoms with Crippen LogP contribution in [0.25, 0.3) is 11.1 Å². The second-order valence-corrected chi connectivity index (χ2v) is 26.8. The van der Waals surface area contributed by atoms with Gasteiger partial charge < -0.3 is 33.2 Å². The van der Waals surface area contributed by atoms with Gasteiger partial charge in [-0.25, -0.2) is 4.57 Å². The summed E-state index contributed by atoms with van der Waals surface area (Å²) in [6.07, 6.45) is 23.0. The van der Waals surface area contributed by atoms with Gasteiger partial charge in [-0.15, -0.1) is 0 Å². The molecule has 1 N–H and O–H groups in total. The third kappa shape index (κ3) is 13.8. The predicted octanol–water partition coefficient (Wildman–Crippen LogP) is 16.4. The predicted molar refractivity (Wildman–Crippen MR) is 331 cm³/mol. The molecule has 4 aromatic carbocycles.